The van der Waals surface area contributed by atoms with E-state index in [1.54, 1.807) is 23.2 Å². The second kappa shape index (κ2) is 8.52. The molecule has 0 unspecified atom stereocenters. The number of carbonyl (C=O) groups is 2. The van der Waals surface area contributed by atoms with E-state index >= 15 is 0 Å². The van der Waals surface area contributed by atoms with Crippen molar-refractivity contribution >= 4 is 40.1 Å². The molecule has 2 atom stereocenters. The molecule has 3 aromatic rings. The van der Waals surface area contributed by atoms with Crippen molar-refractivity contribution in [2.75, 3.05) is 29.2 Å². The zero-order chi connectivity index (χ0) is 23.1. The molecular weight excluding hydrogens is 430 g/mol. The molecule has 1 aliphatic carbocycles. The Labute approximate surface area is 198 Å². The third kappa shape index (κ3) is 3.85. The molecule has 1 aliphatic heterocycles. The first-order valence-corrected chi connectivity index (χ1v) is 12.0. The number of hydrogen-bond donors (Lipinski definition) is 1. The zero-order valence-corrected chi connectivity index (χ0v) is 19.9. The predicted molar refractivity (Wildman–Crippen MR) is 135 cm³/mol. The van der Waals surface area contributed by atoms with Crippen molar-refractivity contribution in [2.24, 2.45) is 0 Å². The van der Waals surface area contributed by atoms with Crippen LogP contribution in [0.15, 0.2) is 77.3 Å². The number of thiophene rings is 1. The molecule has 33 heavy (non-hydrogen) atoms. The van der Waals surface area contributed by atoms with Crippen molar-refractivity contribution in [3.63, 3.8) is 0 Å². The molecule has 6 heteroatoms. The van der Waals surface area contributed by atoms with E-state index in [1.165, 1.54) is 0 Å². The molecule has 2 aromatic carbocycles. The van der Waals surface area contributed by atoms with Crippen LogP contribution in [0.25, 0.3) is 0 Å². The molecule has 5 nitrogen and oxygen atoms in total. The number of nitrogens with one attached hydrogen (secondary N) is 1. The van der Waals surface area contributed by atoms with E-state index in [-0.39, 0.29) is 17.6 Å². The topological polar surface area (TPSA) is 52.7 Å². The number of anilines is 3. The summed E-state index contributed by atoms with van der Waals surface area (Å²) in [5, 5.41) is 5.56. The number of fused-ring (bicyclic) bond motifs is 1. The van der Waals surface area contributed by atoms with Gasteiger partial charge in [0.1, 0.15) is 6.04 Å². The minimum Gasteiger partial charge on any atom is -0.378 e. The highest BCUT2D eigenvalue weighted by Crippen LogP contribution is 2.48. The molecule has 1 aromatic heterocycles. The lowest BCUT2D eigenvalue weighted by Gasteiger charge is -2.33. The maximum atomic E-state index is 13.7. The third-order valence-electron chi connectivity index (χ3n) is 6.52. The van der Waals surface area contributed by atoms with Crippen molar-refractivity contribution in [3.05, 3.63) is 87.8 Å². The molecular formula is C27H27N3O2S. The van der Waals surface area contributed by atoms with Crippen LogP contribution >= 0.6 is 11.3 Å². The van der Waals surface area contributed by atoms with Crippen LogP contribution in [0.3, 0.4) is 0 Å². The van der Waals surface area contributed by atoms with E-state index in [2.05, 4.69) is 34.5 Å². The molecule has 0 radical (unpaired) electrons. The summed E-state index contributed by atoms with van der Waals surface area (Å²) in [5.74, 6) is 0.119. The van der Waals surface area contributed by atoms with Crippen molar-refractivity contribution in [3.8, 4) is 0 Å². The smallest absolute Gasteiger partial charge is 0.224 e. The summed E-state index contributed by atoms with van der Waals surface area (Å²) < 4.78 is 0. The van der Waals surface area contributed by atoms with Gasteiger partial charge in [0.05, 0.1) is 11.4 Å². The number of hydrogen-bond acceptors (Lipinski definition) is 5. The summed E-state index contributed by atoms with van der Waals surface area (Å²) in [6.45, 7) is 1.57. The first kappa shape index (κ1) is 21.5. The number of carbonyl (C=O) groups excluding carboxylic acids is 2. The van der Waals surface area contributed by atoms with Crippen LogP contribution in [0.2, 0.25) is 0 Å². The van der Waals surface area contributed by atoms with Gasteiger partial charge in [-0.1, -0.05) is 30.3 Å². The summed E-state index contributed by atoms with van der Waals surface area (Å²) in [6.07, 6.45) is 1.16. The van der Waals surface area contributed by atoms with Crippen LogP contribution < -0.4 is 15.1 Å². The number of nitrogens with zero attached hydrogens (tertiary/aromatic N) is 2. The quantitative estimate of drug-likeness (QED) is 0.545. The average Bonchev–Trinajstić information content (AvgIpc) is 3.28. The van der Waals surface area contributed by atoms with Crippen LogP contribution in [0.4, 0.5) is 17.1 Å². The summed E-state index contributed by atoms with van der Waals surface area (Å²) in [7, 11) is 4.04. The Balaban J connectivity index is 1.62. The van der Waals surface area contributed by atoms with E-state index in [1.807, 2.05) is 55.9 Å². The molecule has 1 amide bonds. The molecule has 0 spiro atoms. The van der Waals surface area contributed by atoms with Gasteiger partial charge in [0.2, 0.25) is 5.91 Å². The van der Waals surface area contributed by atoms with Crippen LogP contribution in [-0.4, -0.2) is 25.8 Å². The van der Waals surface area contributed by atoms with Gasteiger partial charge in [-0.25, -0.2) is 0 Å². The molecule has 0 fully saturated rings. The van der Waals surface area contributed by atoms with Crippen molar-refractivity contribution in [1.82, 2.24) is 0 Å². The van der Waals surface area contributed by atoms with Gasteiger partial charge in [-0.05, 0) is 53.6 Å². The van der Waals surface area contributed by atoms with Gasteiger partial charge in [0, 0.05) is 49.3 Å². The van der Waals surface area contributed by atoms with E-state index < -0.39 is 6.04 Å². The number of rotatable bonds is 3. The number of para-hydroxylation sites is 2. The number of allylic oxidation sites excluding steroid dienone is 1. The highest BCUT2D eigenvalue weighted by molar-refractivity contribution is 7.10. The fraction of sp³-hybridized carbons (Fsp3) is 0.259. The van der Waals surface area contributed by atoms with Crippen LogP contribution in [-0.2, 0) is 9.59 Å². The summed E-state index contributed by atoms with van der Waals surface area (Å²) in [5.41, 5.74) is 5.59. The molecule has 0 saturated heterocycles. The second-order valence-corrected chi connectivity index (χ2v) is 9.83. The van der Waals surface area contributed by atoms with Crippen molar-refractivity contribution in [2.45, 2.75) is 31.7 Å². The Hall–Kier alpha value is -3.38. The largest absolute Gasteiger partial charge is 0.378 e. The lowest BCUT2D eigenvalue weighted by molar-refractivity contribution is -0.117. The molecule has 5 rings (SSSR count). The summed E-state index contributed by atoms with van der Waals surface area (Å²) >= 11 is 1.58. The number of ketones is 1. The minimum atomic E-state index is -0.418. The van der Waals surface area contributed by atoms with Crippen molar-refractivity contribution in [1.29, 1.82) is 0 Å². The van der Waals surface area contributed by atoms with E-state index in [0.29, 0.717) is 12.0 Å². The van der Waals surface area contributed by atoms with Gasteiger partial charge < -0.3 is 10.2 Å². The van der Waals surface area contributed by atoms with Gasteiger partial charge in [-0.2, -0.15) is 0 Å². The first-order chi connectivity index (χ1) is 15.9. The van der Waals surface area contributed by atoms with Crippen LogP contribution in [0.5, 0.6) is 0 Å². The number of amides is 1. The normalized spacial score (nSPS) is 20.0. The first-order valence-electron chi connectivity index (χ1n) is 11.2. The lowest BCUT2D eigenvalue weighted by atomic mass is 9.79. The van der Waals surface area contributed by atoms with Gasteiger partial charge >= 0.3 is 0 Å². The van der Waals surface area contributed by atoms with Crippen LogP contribution in [0.1, 0.15) is 42.2 Å². The standard InChI is InChI=1S/C27H27N3O2S/c1-17(31)30-23-8-5-4-7-21(23)28-22-15-19(18-10-12-20(13-11-18)29(2)3)16-24(32)26(22)27(30)25-9-6-14-33-25/h4-14,19,27-28H,15-16H2,1-3H3/t19-,27-/m0/s1. The maximum absolute atomic E-state index is 13.7. The van der Waals surface area contributed by atoms with E-state index in [9.17, 15) is 9.59 Å². The highest BCUT2D eigenvalue weighted by atomic mass is 32.1. The molecule has 0 saturated carbocycles. The summed E-state index contributed by atoms with van der Waals surface area (Å²) in [6, 6.07) is 19.9. The molecule has 168 valence electrons. The lowest BCUT2D eigenvalue weighted by Crippen LogP contribution is -2.36. The summed E-state index contributed by atoms with van der Waals surface area (Å²) in [4.78, 5) is 31.5. The van der Waals surface area contributed by atoms with Gasteiger partial charge in [-0.3, -0.25) is 14.5 Å². The molecule has 2 aliphatic rings. The van der Waals surface area contributed by atoms with Gasteiger partial charge in [0.15, 0.2) is 5.78 Å². The maximum Gasteiger partial charge on any atom is 0.224 e. The van der Waals surface area contributed by atoms with E-state index in [0.717, 1.165) is 39.6 Å². The van der Waals surface area contributed by atoms with Gasteiger partial charge in [-0.15, -0.1) is 11.3 Å². The molecule has 2 heterocycles. The highest BCUT2D eigenvalue weighted by Gasteiger charge is 2.41. The minimum absolute atomic E-state index is 0.0782. The number of benzene rings is 2. The number of Topliss-reactive ketones (excluding diaryl/α,β-unsaturated/α-hetero) is 1. The second-order valence-electron chi connectivity index (χ2n) is 8.86. The van der Waals surface area contributed by atoms with E-state index in [4.69, 9.17) is 0 Å². The average molecular weight is 458 g/mol. The Morgan fingerprint density at radius 1 is 1.03 bits per heavy atom. The molecule has 1 N–H and O–H groups in total. The molecule has 0 bridgehead atoms. The monoisotopic (exact) mass is 457 g/mol. The zero-order valence-electron chi connectivity index (χ0n) is 19.0. The Bertz CT molecular complexity index is 1230. The van der Waals surface area contributed by atoms with Crippen molar-refractivity contribution < 1.29 is 9.59 Å². The Morgan fingerprint density at radius 3 is 2.45 bits per heavy atom. The third-order valence-corrected chi connectivity index (χ3v) is 7.45. The van der Waals surface area contributed by atoms with Crippen LogP contribution in [0, 0.1) is 0 Å². The Kier molecular flexibility index (Phi) is 5.54. The van der Waals surface area contributed by atoms with Gasteiger partial charge in [0.25, 0.3) is 0 Å². The fourth-order valence-corrected chi connectivity index (χ4v) is 5.76. The fourth-order valence-electron chi connectivity index (χ4n) is 4.93. The predicted octanol–water partition coefficient (Wildman–Crippen LogP) is 5.73. The Morgan fingerprint density at radius 2 is 1.79 bits per heavy atom. The SMILES string of the molecule is CC(=O)N1c2ccccc2NC2=C(C(=O)C[C@@H](c3ccc(N(C)C)cc3)C2)[C@@H]1c1cccs1.